The summed E-state index contributed by atoms with van der Waals surface area (Å²) in [6.45, 7) is 7.17. The molecule has 1 aromatic carbocycles. The van der Waals surface area contributed by atoms with Crippen LogP contribution < -0.4 is 0 Å². The van der Waals surface area contributed by atoms with Gasteiger partial charge in [0.2, 0.25) is 0 Å². The first-order valence-corrected chi connectivity index (χ1v) is 6.10. The number of benzene rings is 1. The van der Waals surface area contributed by atoms with Crippen molar-refractivity contribution in [1.29, 1.82) is 0 Å². The van der Waals surface area contributed by atoms with Crippen molar-refractivity contribution in [3.05, 3.63) is 35.1 Å². The predicted octanol–water partition coefficient (Wildman–Crippen LogP) is 2.23. The Morgan fingerprint density at radius 2 is 1.94 bits per heavy atom. The van der Waals surface area contributed by atoms with E-state index in [1.807, 2.05) is 19.1 Å². The molecule has 1 aliphatic heterocycles. The molecule has 2 rings (SSSR count). The molecule has 0 spiro atoms. The van der Waals surface area contributed by atoms with Gasteiger partial charge in [-0.2, -0.15) is 0 Å². The largest absolute Gasteiger partial charge is 0.303 e. The fourth-order valence-corrected chi connectivity index (χ4v) is 2.58. The van der Waals surface area contributed by atoms with Crippen LogP contribution in [0.5, 0.6) is 0 Å². The van der Waals surface area contributed by atoms with Crippen LogP contribution in [0.15, 0.2) is 18.2 Å². The lowest BCUT2D eigenvalue weighted by atomic mass is 9.87. The van der Waals surface area contributed by atoms with Crippen LogP contribution in [0.4, 0.5) is 4.39 Å². The second kappa shape index (κ2) is 4.39. The van der Waals surface area contributed by atoms with Crippen molar-refractivity contribution in [2.75, 3.05) is 33.7 Å². The highest BCUT2D eigenvalue weighted by atomic mass is 19.1. The zero-order valence-corrected chi connectivity index (χ0v) is 11.1. The van der Waals surface area contributed by atoms with E-state index in [-0.39, 0.29) is 11.4 Å². The normalized spacial score (nSPS) is 27.4. The number of hydrogen-bond donors (Lipinski definition) is 0. The zero-order chi connectivity index (χ0) is 12.6. The average molecular weight is 236 g/mol. The molecule has 17 heavy (non-hydrogen) atoms. The lowest BCUT2D eigenvalue weighted by Crippen LogP contribution is -2.56. The molecule has 94 valence electrons. The molecule has 1 saturated heterocycles. The van der Waals surface area contributed by atoms with E-state index in [1.54, 1.807) is 6.07 Å². The third kappa shape index (κ3) is 2.22. The fraction of sp³-hybridized carbons (Fsp3) is 0.571. The van der Waals surface area contributed by atoms with E-state index in [4.69, 9.17) is 0 Å². The van der Waals surface area contributed by atoms with Crippen molar-refractivity contribution < 1.29 is 4.39 Å². The third-order valence-corrected chi connectivity index (χ3v) is 4.02. The second-order valence-corrected chi connectivity index (χ2v) is 5.40. The van der Waals surface area contributed by atoms with Gasteiger partial charge < -0.3 is 4.90 Å². The number of likely N-dealkylation sites (N-methyl/N-ethyl adjacent to an activating group) is 2. The first-order chi connectivity index (χ1) is 7.93. The van der Waals surface area contributed by atoms with Gasteiger partial charge in [0.25, 0.3) is 0 Å². The third-order valence-electron chi connectivity index (χ3n) is 4.02. The molecule has 0 aliphatic carbocycles. The molecule has 3 heteroatoms. The van der Waals surface area contributed by atoms with Crippen molar-refractivity contribution in [3.8, 4) is 0 Å². The van der Waals surface area contributed by atoms with Gasteiger partial charge >= 0.3 is 0 Å². The Hall–Kier alpha value is -0.930. The van der Waals surface area contributed by atoms with E-state index in [0.29, 0.717) is 0 Å². The van der Waals surface area contributed by atoms with Crippen LogP contribution in [-0.4, -0.2) is 43.5 Å². The van der Waals surface area contributed by atoms with Crippen LogP contribution in [0.25, 0.3) is 0 Å². The van der Waals surface area contributed by atoms with E-state index in [9.17, 15) is 4.39 Å². The van der Waals surface area contributed by atoms with Crippen molar-refractivity contribution in [3.63, 3.8) is 0 Å². The summed E-state index contributed by atoms with van der Waals surface area (Å²) in [6.07, 6.45) is 0. The second-order valence-electron chi connectivity index (χ2n) is 5.40. The number of nitrogens with zero attached hydrogens (tertiary/aromatic N) is 2. The molecule has 1 fully saturated rings. The van der Waals surface area contributed by atoms with Gasteiger partial charge in [-0.05, 0) is 45.1 Å². The molecule has 0 aromatic heterocycles. The van der Waals surface area contributed by atoms with Crippen LogP contribution in [0, 0.1) is 12.7 Å². The highest BCUT2D eigenvalue weighted by Crippen LogP contribution is 2.31. The van der Waals surface area contributed by atoms with E-state index in [1.165, 1.54) is 5.56 Å². The van der Waals surface area contributed by atoms with Crippen LogP contribution in [-0.2, 0) is 5.54 Å². The average Bonchev–Trinajstić information content (AvgIpc) is 2.28. The molecule has 0 saturated carbocycles. The topological polar surface area (TPSA) is 6.48 Å². The maximum atomic E-state index is 13.3. The lowest BCUT2D eigenvalue weighted by molar-refractivity contribution is 0.0379. The lowest BCUT2D eigenvalue weighted by Gasteiger charge is -2.47. The first kappa shape index (κ1) is 12.5. The van der Waals surface area contributed by atoms with Gasteiger partial charge in [0, 0.05) is 19.6 Å². The van der Waals surface area contributed by atoms with Gasteiger partial charge in [0.15, 0.2) is 0 Å². The highest BCUT2D eigenvalue weighted by molar-refractivity contribution is 5.30. The van der Waals surface area contributed by atoms with Crippen LogP contribution >= 0.6 is 0 Å². The Labute approximate surface area is 103 Å². The van der Waals surface area contributed by atoms with Crippen molar-refractivity contribution in [2.24, 2.45) is 0 Å². The molecule has 1 atom stereocenters. The molecule has 0 N–H and O–H groups in total. The van der Waals surface area contributed by atoms with E-state index in [0.717, 1.165) is 25.2 Å². The minimum atomic E-state index is -0.121. The number of piperazine rings is 1. The number of halogens is 1. The quantitative estimate of drug-likeness (QED) is 0.738. The smallest absolute Gasteiger partial charge is 0.126 e. The molecule has 2 nitrogen and oxygen atoms in total. The van der Waals surface area contributed by atoms with Gasteiger partial charge in [0.1, 0.15) is 5.82 Å². The van der Waals surface area contributed by atoms with Crippen molar-refractivity contribution >= 4 is 0 Å². The summed E-state index contributed by atoms with van der Waals surface area (Å²) < 4.78 is 13.3. The SMILES string of the molecule is Cc1cc(C2(C)CN(C)CCN2C)ccc1F. The molecule has 1 aliphatic rings. The monoisotopic (exact) mass is 236 g/mol. The van der Waals surface area contributed by atoms with Crippen molar-refractivity contribution in [2.45, 2.75) is 19.4 Å². The number of aryl methyl sites for hydroxylation is 1. The molecular weight excluding hydrogens is 215 g/mol. The summed E-state index contributed by atoms with van der Waals surface area (Å²) >= 11 is 0. The Morgan fingerprint density at radius 1 is 1.24 bits per heavy atom. The summed E-state index contributed by atoms with van der Waals surface area (Å²) in [7, 11) is 4.29. The highest BCUT2D eigenvalue weighted by Gasteiger charge is 2.35. The van der Waals surface area contributed by atoms with Gasteiger partial charge in [-0.3, -0.25) is 4.90 Å². The molecule has 1 heterocycles. The predicted molar refractivity (Wildman–Crippen MR) is 68.6 cm³/mol. The number of hydrogen-bond acceptors (Lipinski definition) is 2. The minimum Gasteiger partial charge on any atom is -0.303 e. The molecular formula is C14H21FN2. The minimum absolute atomic E-state index is 0.0224. The van der Waals surface area contributed by atoms with Crippen molar-refractivity contribution in [1.82, 2.24) is 9.80 Å². The van der Waals surface area contributed by atoms with Crippen LogP contribution in [0.2, 0.25) is 0 Å². The Morgan fingerprint density at radius 3 is 2.59 bits per heavy atom. The summed E-state index contributed by atoms with van der Waals surface area (Å²) in [5.41, 5.74) is 1.90. The molecule has 0 amide bonds. The van der Waals surface area contributed by atoms with Crippen LogP contribution in [0.1, 0.15) is 18.1 Å². The zero-order valence-electron chi connectivity index (χ0n) is 11.1. The maximum Gasteiger partial charge on any atom is 0.126 e. The van der Waals surface area contributed by atoms with Gasteiger partial charge in [-0.15, -0.1) is 0 Å². The maximum absolute atomic E-state index is 13.3. The Kier molecular flexibility index (Phi) is 3.23. The number of rotatable bonds is 1. The molecule has 1 unspecified atom stereocenters. The summed E-state index contributed by atoms with van der Waals surface area (Å²) in [6, 6.07) is 5.47. The summed E-state index contributed by atoms with van der Waals surface area (Å²) in [5, 5.41) is 0. The van der Waals surface area contributed by atoms with E-state index in [2.05, 4.69) is 30.8 Å². The van der Waals surface area contributed by atoms with Gasteiger partial charge in [-0.1, -0.05) is 12.1 Å². The van der Waals surface area contributed by atoms with Gasteiger partial charge in [0.05, 0.1) is 5.54 Å². The van der Waals surface area contributed by atoms with Gasteiger partial charge in [-0.25, -0.2) is 4.39 Å². The van der Waals surface area contributed by atoms with E-state index < -0.39 is 0 Å². The summed E-state index contributed by atoms with van der Waals surface area (Å²) in [4.78, 5) is 4.69. The Balaban J connectivity index is 2.38. The van der Waals surface area contributed by atoms with Crippen LogP contribution in [0.3, 0.4) is 0 Å². The summed E-state index contributed by atoms with van der Waals surface area (Å²) in [5.74, 6) is -0.121. The first-order valence-electron chi connectivity index (χ1n) is 6.10. The molecule has 1 aromatic rings. The fourth-order valence-electron chi connectivity index (χ4n) is 2.58. The Bertz CT molecular complexity index is 419. The molecule has 0 radical (unpaired) electrons. The molecule has 0 bridgehead atoms. The van der Waals surface area contributed by atoms with E-state index >= 15 is 0 Å². The standard InChI is InChI=1S/C14H21FN2/c1-11-9-12(5-6-13(11)15)14(2)10-16(3)7-8-17(14)4/h5-6,9H,7-8,10H2,1-4H3.